The molecule has 1 aromatic rings. The number of amides is 2. The molecule has 2 amide bonds. The molecule has 0 N–H and O–H groups in total. The highest BCUT2D eigenvalue weighted by molar-refractivity contribution is 8.77. The van der Waals surface area contributed by atoms with Gasteiger partial charge in [-0.1, -0.05) is 50.9 Å². The summed E-state index contributed by atoms with van der Waals surface area (Å²) in [6.07, 6.45) is 0.547. The predicted octanol–water partition coefficient (Wildman–Crippen LogP) is 4.37. The van der Waals surface area contributed by atoms with Gasteiger partial charge in [-0.05, 0) is 38.0 Å². The third-order valence-corrected chi connectivity index (χ3v) is 9.05. The fourth-order valence-corrected chi connectivity index (χ4v) is 6.57. The molecule has 0 aromatic heterocycles. The van der Waals surface area contributed by atoms with Crippen LogP contribution in [0.15, 0.2) is 18.2 Å². The molecular formula is C18H19Cl2N3O2S2. The Kier molecular flexibility index (Phi) is 5.66. The summed E-state index contributed by atoms with van der Waals surface area (Å²) in [6, 6.07) is 7.12. The first-order valence-corrected chi connectivity index (χ1v) is 11.5. The summed E-state index contributed by atoms with van der Waals surface area (Å²) in [5.41, 5.74) is 0.0171. The molecule has 27 heavy (non-hydrogen) atoms. The fourth-order valence-electron chi connectivity index (χ4n) is 3.56. The molecule has 0 radical (unpaired) electrons. The Bertz CT molecular complexity index is 846. The molecule has 0 saturated carbocycles. The highest BCUT2D eigenvalue weighted by Gasteiger charge is 2.54. The number of hydrogen-bond acceptors (Lipinski definition) is 5. The second-order valence-corrected chi connectivity index (χ2v) is 10.6. The van der Waals surface area contributed by atoms with Gasteiger partial charge in [0.1, 0.15) is 0 Å². The molecule has 5 nitrogen and oxygen atoms in total. The first-order chi connectivity index (χ1) is 12.6. The molecule has 0 aliphatic carbocycles. The van der Waals surface area contributed by atoms with Gasteiger partial charge in [0.15, 0.2) is 4.87 Å². The van der Waals surface area contributed by atoms with Crippen molar-refractivity contribution in [1.82, 2.24) is 9.80 Å². The van der Waals surface area contributed by atoms with Gasteiger partial charge >= 0.3 is 0 Å². The van der Waals surface area contributed by atoms with Gasteiger partial charge < -0.3 is 9.80 Å². The molecule has 3 rings (SSSR count). The van der Waals surface area contributed by atoms with E-state index in [-0.39, 0.29) is 11.8 Å². The number of likely N-dealkylation sites (N-methyl/N-ethyl adjacent to an activating group) is 1. The summed E-state index contributed by atoms with van der Waals surface area (Å²) in [5, 5.41) is 10.6. The van der Waals surface area contributed by atoms with Gasteiger partial charge in [0.2, 0.25) is 5.91 Å². The van der Waals surface area contributed by atoms with Gasteiger partial charge in [-0.3, -0.25) is 9.59 Å². The number of nitriles is 1. The SMILES string of the molecule is CN1C(=O)CSSC1(C)C(=O)N1CC[C@](C)(C#N)[C@@H]1c1ccc(Cl)c(Cl)c1. The van der Waals surface area contributed by atoms with Crippen molar-refractivity contribution in [2.45, 2.75) is 31.2 Å². The average molecular weight is 444 g/mol. The van der Waals surface area contributed by atoms with Crippen molar-refractivity contribution in [3.63, 3.8) is 0 Å². The predicted molar refractivity (Wildman–Crippen MR) is 110 cm³/mol. The number of nitrogens with zero attached hydrogens (tertiary/aromatic N) is 3. The Hall–Kier alpha value is -1.07. The van der Waals surface area contributed by atoms with E-state index >= 15 is 0 Å². The third kappa shape index (κ3) is 3.42. The van der Waals surface area contributed by atoms with Crippen LogP contribution in [0, 0.1) is 16.7 Å². The van der Waals surface area contributed by atoms with Crippen LogP contribution in [-0.4, -0.2) is 45.8 Å². The maximum absolute atomic E-state index is 13.5. The van der Waals surface area contributed by atoms with Crippen molar-refractivity contribution >= 4 is 56.6 Å². The highest BCUT2D eigenvalue weighted by Crippen LogP contribution is 2.51. The van der Waals surface area contributed by atoms with Crippen molar-refractivity contribution in [3.8, 4) is 6.07 Å². The molecule has 2 aliphatic rings. The normalized spacial score (nSPS) is 31.1. The second kappa shape index (κ2) is 7.40. The van der Waals surface area contributed by atoms with E-state index in [4.69, 9.17) is 23.2 Å². The van der Waals surface area contributed by atoms with E-state index in [1.54, 1.807) is 37.1 Å². The minimum atomic E-state index is -1.02. The standard InChI is InChI=1S/C18H19Cl2N3O2S2/c1-17(10-21)6-7-23(15(17)11-4-5-12(19)13(20)8-11)16(25)18(2)22(3)14(24)9-26-27-18/h4-5,8,15H,6-7,9H2,1-3H3/t15-,17+,18?/m0/s1. The minimum absolute atomic E-state index is 0.0806. The number of benzene rings is 1. The van der Waals surface area contributed by atoms with Crippen molar-refractivity contribution in [3.05, 3.63) is 33.8 Å². The Labute approximate surface area is 176 Å². The van der Waals surface area contributed by atoms with E-state index in [1.165, 1.54) is 26.5 Å². The average Bonchev–Trinajstić information content (AvgIpc) is 2.99. The van der Waals surface area contributed by atoms with E-state index in [0.29, 0.717) is 28.8 Å². The zero-order chi connectivity index (χ0) is 20.0. The molecule has 1 unspecified atom stereocenters. The maximum Gasteiger partial charge on any atom is 0.260 e. The van der Waals surface area contributed by atoms with Crippen LogP contribution in [0.1, 0.15) is 31.9 Å². The lowest BCUT2D eigenvalue weighted by molar-refractivity contribution is -0.145. The molecule has 2 aliphatic heterocycles. The molecule has 2 heterocycles. The maximum atomic E-state index is 13.5. The molecule has 144 valence electrons. The second-order valence-electron chi connectivity index (χ2n) is 7.14. The summed E-state index contributed by atoms with van der Waals surface area (Å²) in [6.45, 7) is 4.06. The van der Waals surface area contributed by atoms with Crippen molar-refractivity contribution < 1.29 is 9.59 Å². The number of carbonyl (C=O) groups is 2. The first kappa shape index (κ1) is 20.7. The van der Waals surface area contributed by atoms with E-state index in [2.05, 4.69) is 6.07 Å². The number of likely N-dealkylation sites (tertiary alicyclic amines) is 1. The summed E-state index contributed by atoms with van der Waals surface area (Å²) < 4.78 is 0. The number of hydrogen-bond donors (Lipinski definition) is 0. The van der Waals surface area contributed by atoms with Gasteiger partial charge in [-0.2, -0.15) is 5.26 Å². The molecule has 0 bridgehead atoms. The van der Waals surface area contributed by atoms with Gasteiger partial charge in [-0.15, -0.1) is 0 Å². The number of rotatable bonds is 2. The van der Waals surface area contributed by atoms with E-state index in [9.17, 15) is 14.9 Å². The minimum Gasteiger partial charge on any atom is -0.331 e. The van der Waals surface area contributed by atoms with Gasteiger partial charge in [-0.25, -0.2) is 0 Å². The monoisotopic (exact) mass is 443 g/mol. The van der Waals surface area contributed by atoms with Crippen molar-refractivity contribution in [2.24, 2.45) is 5.41 Å². The van der Waals surface area contributed by atoms with Crippen LogP contribution < -0.4 is 0 Å². The first-order valence-electron chi connectivity index (χ1n) is 8.38. The molecule has 9 heteroatoms. The molecule has 3 atom stereocenters. The zero-order valence-corrected chi connectivity index (χ0v) is 18.3. The van der Waals surface area contributed by atoms with Crippen molar-refractivity contribution in [1.29, 1.82) is 5.26 Å². The molecule has 1 aromatic carbocycles. The Morgan fingerprint density at radius 2 is 2.04 bits per heavy atom. The largest absolute Gasteiger partial charge is 0.331 e. The van der Waals surface area contributed by atoms with E-state index in [0.717, 1.165) is 5.56 Å². The molecule has 2 saturated heterocycles. The van der Waals surface area contributed by atoms with Gasteiger partial charge in [0.05, 0.1) is 33.3 Å². The van der Waals surface area contributed by atoms with E-state index < -0.39 is 16.3 Å². The van der Waals surface area contributed by atoms with Gasteiger partial charge in [0, 0.05) is 13.6 Å². The quantitative estimate of drug-likeness (QED) is 0.634. The molecular weight excluding hydrogens is 425 g/mol. The number of carbonyl (C=O) groups excluding carboxylic acids is 2. The fraction of sp³-hybridized carbons (Fsp3) is 0.500. The van der Waals surface area contributed by atoms with Crippen LogP contribution in [-0.2, 0) is 9.59 Å². The molecule has 2 fully saturated rings. The van der Waals surface area contributed by atoms with Crippen LogP contribution in [0.5, 0.6) is 0 Å². The van der Waals surface area contributed by atoms with Crippen LogP contribution >= 0.6 is 44.8 Å². The summed E-state index contributed by atoms with van der Waals surface area (Å²) in [7, 11) is 4.42. The van der Waals surface area contributed by atoms with Crippen molar-refractivity contribution in [2.75, 3.05) is 19.3 Å². The van der Waals surface area contributed by atoms with Gasteiger partial charge in [0.25, 0.3) is 5.91 Å². The summed E-state index contributed by atoms with van der Waals surface area (Å²) in [4.78, 5) is 27.9. The van der Waals surface area contributed by atoms with Crippen LogP contribution in [0.25, 0.3) is 0 Å². The number of halogens is 2. The lowest BCUT2D eigenvalue weighted by Crippen LogP contribution is -2.58. The van der Waals surface area contributed by atoms with Crippen LogP contribution in [0.3, 0.4) is 0 Å². The van der Waals surface area contributed by atoms with E-state index in [1.807, 2.05) is 6.92 Å². The Morgan fingerprint density at radius 3 is 2.67 bits per heavy atom. The topological polar surface area (TPSA) is 64.4 Å². The lowest BCUT2D eigenvalue weighted by Gasteiger charge is -2.43. The Morgan fingerprint density at radius 1 is 1.33 bits per heavy atom. The van der Waals surface area contributed by atoms with Crippen LogP contribution in [0.2, 0.25) is 10.0 Å². The Balaban J connectivity index is 2.03. The smallest absolute Gasteiger partial charge is 0.260 e. The molecule has 0 spiro atoms. The summed E-state index contributed by atoms with van der Waals surface area (Å²) >= 11 is 12.2. The zero-order valence-electron chi connectivity index (χ0n) is 15.2. The summed E-state index contributed by atoms with van der Waals surface area (Å²) in [5.74, 6) is 0.0874. The highest BCUT2D eigenvalue weighted by atomic mass is 35.5. The third-order valence-electron chi connectivity index (χ3n) is 5.38. The van der Waals surface area contributed by atoms with Crippen LogP contribution in [0.4, 0.5) is 0 Å². The lowest BCUT2D eigenvalue weighted by atomic mass is 9.80.